The normalized spacial score (nSPS) is 11.3. The number of pyridine rings is 1. The van der Waals surface area contributed by atoms with E-state index in [1.165, 1.54) is 0 Å². The van der Waals surface area contributed by atoms with Crippen LogP contribution in [0.2, 0.25) is 5.02 Å². The Hall–Kier alpha value is -1.30. The van der Waals surface area contributed by atoms with E-state index in [4.69, 9.17) is 27.0 Å². The summed E-state index contributed by atoms with van der Waals surface area (Å²) >= 11 is 5.91. The highest BCUT2D eigenvalue weighted by molar-refractivity contribution is 8.13. The van der Waals surface area contributed by atoms with E-state index in [1.807, 2.05) is 0 Å². The third kappa shape index (κ3) is 4.38. The van der Waals surface area contributed by atoms with Crippen molar-refractivity contribution in [3.63, 3.8) is 0 Å². The molecule has 0 amide bonds. The van der Waals surface area contributed by atoms with Crippen molar-refractivity contribution in [1.82, 2.24) is 4.98 Å². The second-order valence-electron chi connectivity index (χ2n) is 3.72. The Kier molecular flexibility index (Phi) is 4.29. The van der Waals surface area contributed by atoms with Gasteiger partial charge in [0, 0.05) is 16.9 Å². The Morgan fingerprint density at radius 1 is 1.16 bits per heavy atom. The van der Waals surface area contributed by atoms with Gasteiger partial charge < -0.3 is 4.74 Å². The Labute approximate surface area is 120 Å². The summed E-state index contributed by atoms with van der Waals surface area (Å²) in [7, 11) is 1.61. The molecule has 0 fully saturated rings. The topological polar surface area (TPSA) is 56.3 Å². The van der Waals surface area contributed by atoms with Crippen LogP contribution in [0.3, 0.4) is 0 Å². The summed E-state index contributed by atoms with van der Waals surface area (Å²) in [5.41, 5.74) is 0.578. The number of benzene rings is 1. The number of hydrogen-bond donors (Lipinski definition) is 0. The molecule has 0 aliphatic heterocycles. The van der Waals surface area contributed by atoms with Crippen LogP contribution in [0.25, 0.3) is 0 Å². The first-order valence-corrected chi connectivity index (χ1v) is 8.09. The molecule has 100 valence electrons. The molecule has 2 aromatic rings. The standard InChI is InChI=1S/C12H9Cl2NO3S/c13-11-2-1-7-15-12(11)18-10-5-3-9(4-6-10)8-19(14,16)17/h1-7H,8H2. The van der Waals surface area contributed by atoms with Gasteiger partial charge in [-0.25, -0.2) is 13.4 Å². The first-order chi connectivity index (χ1) is 8.94. The van der Waals surface area contributed by atoms with Crippen LogP contribution in [0.15, 0.2) is 42.6 Å². The van der Waals surface area contributed by atoms with Gasteiger partial charge in [0.2, 0.25) is 14.9 Å². The highest BCUT2D eigenvalue weighted by Crippen LogP contribution is 2.26. The lowest BCUT2D eigenvalue weighted by molar-refractivity contribution is 0.463. The van der Waals surface area contributed by atoms with E-state index >= 15 is 0 Å². The van der Waals surface area contributed by atoms with Crippen molar-refractivity contribution in [2.24, 2.45) is 0 Å². The average molecular weight is 318 g/mol. The van der Waals surface area contributed by atoms with E-state index in [1.54, 1.807) is 42.6 Å². The molecule has 1 aromatic carbocycles. The van der Waals surface area contributed by atoms with Crippen molar-refractivity contribution in [2.45, 2.75) is 5.75 Å². The van der Waals surface area contributed by atoms with Crippen LogP contribution in [-0.4, -0.2) is 13.4 Å². The molecule has 0 aliphatic carbocycles. The number of halogens is 2. The van der Waals surface area contributed by atoms with Gasteiger partial charge in [-0.15, -0.1) is 0 Å². The number of ether oxygens (including phenoxy) is 1. The number of nitrogens with zero attached hydrogens (tertiary/aromatic N) is 1. The van der Waals surface area contributed by atoms with E-state index in [0.29, 0.717) is 22.2 Å². The summed E-state index contributed by atoms with van der Waals surface area (Å²) in [5.74, 6) is 0.581. The summed E-state index contributed by atoms with van der Waals surface area (Å²) in [6, 6.07) is 9.85. The maximum Gasteiger partial charge on any atom is 0.238 e. The van der Waals surface area contributed by atoms with Crippen molar-refractivity contribution in [1.29, 1.82) is 0 Å². The molecule has 0 unspecified atom stereocenters. The quantitative estimate of drug-likeness (QED) is 0.808. The fraction of sp³-hybridized carbons (Fsp3) is 0.0833. The lowest BCUT2D eigenvalue weighted by atomic mass is 10.2. The molecule has 0 N–H and O–H groups in total. The molecule has 2 rings (SSSR count). The molecule has 1 aromatic heterocycles. The molecule has 4 nitrogen and oxygen atoms in total. The molecule has 0 spiro atoms. The van der Waals surface area contributed by atoms with Gasteiger partial charge in [0.05, 0.1) is 5.75 Å². The molecule has 0 atom stereocenters. The maximum absolute atomic E-state index is 10.9. The average Bonchev–Trinajstić information content (AvgIpc) is 2.33. The van der Waals surface area contributed by atoms with Gasteiger partial charge in [-0.3, -0.25) is 0 Å². The monoisotopic (exact) mass is 317 g/mol. The minimum absolute atomic E-state index is 0.223. The summed E-state index contributed by atoms with van der Waals surface area (Å²) < 4.78 is 27.3. The van der Waals surface area contributed by atoms with Crippen LogP contribution < -0.4 is 4.74 Å². The Morgan fingerprint density at radius 2 is 1.84 bits per heavy atom. The van der Waals surface area contributed by atoms with Crippen LogP contribution in [0.1, 0.15) is 5.56 Å². The van der Waals surface area contributed by atoms with Crippen LogP contribution in [0, 0.1) is 0 Å². The SMILES string of the molecule is O=S(=O)(Cl)Cc1ccc(Oc2ncccc2Cl)cc1. The van der Waals surface area contributed by atoms with Gasteiger partial charge >= 0.3 is 0 Å². The molecular formula is C12H9Cl2NO3S. The Bertz CT molecular complexity index is 672. The zero-order valence-electron chi connectivity index (χ0n) is 9.58. The van der Waals surface area contributed by atoms with Crippen molar-refractivity contribution in [3.05, 3.63) is 53.2 Å². The third-order valence-electron chi connectivity index (χ3n) is 2.20. The zero-order valence-corrected chi connectivity index (χ0v) is 11.9. The molecule has 0 aliphatic rings. The second-order valence-corrected chi connectivity index (χ2v) is 6.90. The van der Waals surface area contributed by atoms with E-state index in [0.717, 1.165) is 0 Å². The fourth-order valence-electron chi connectivity index (χ4n) is 1.41. The first kappa shape index (κ1) is 14.1. The molecule has 0 bridgehead atoms. The van der Waals surface area contributed by atoms with Crippen molar-refractivity contribution < 1.29 is 13.2 Å². The van der Waals surface area contributed by atoms with Crippen LogP contribution in [0.5, 0.6) is 11.6 Å². The van der Waals surface area contributed by atoms with E-state index in [-0.39, 0.29) is 5.75 Å². The molecule has 7 heteroatoms. The minimum atomic E-state index is -3.56. The molecule has 0 saturated heterocycles. The summed E-state index contributed by atoms with van der Waals surface area (Å²) in [6.07, 6.45) is 1.57. The van der Waals surface area contributed by atoms with E-state index in [9.17, 15) is 8.42 Å². The summed E-state index contributed by atoms with van der Waals surface area (Å²) in [5, 5.41) is 0.398. The van der Waals surface area contributed by atoms with Crippen molar-refractivity contribution in [2.75, 3.05) is 0 Å². The van der Waals surface area contributed by atoms with Gasteiger partial charge in [0.25, 0.3) is 0 Å². The van der Waals surface area contributed by atoms with Gasteiger partial charge in [-0.2, -0.15) is 0 Å². The zero-order chi connectivity index (χ0) is 13.9. The Balaban J connectivity index is 2.13. The molecule has 19 heavy (non-hydrogen) atoms. The number of aromatic nitrogens is 1. The highest BCUT2D eigenvalue weighted by atomic mass is 35.7. The largest absolute Gasteiger partial charge is 0.438 e. The van der Waals surface area contributed by atoms with Crippen molar-refractivity contribution in [3.8, 4) is 11.6 Å². The number of hydrogen-bond acceptors (Lipinski definition) is 4. The minimum Gasteiger partial charge on any atom is -0.438 e. The summed E-state index contributed by atoms with van der Waals surface area (Å²) in [4.78, 5) is 3.98. The van der Waals surface area contributed by atoms with Gasteiger partial charge in [0.15, 0.2) is 0 Å². The van der Waals surface area contributed by atoms with Crippen LogP contribution in [-0.2, 0) is 14.8 Å². The van der Waals surface area contributed by atoms with E-state index in [2.05, 4.69) is 4.98 Å². The smallest absolute Gasteiger partial charge is 0.238 e. The van der Waals surface area contributed by atoms with Crippen LogP contribution >= 0.6 is 22.3 Å². The van der Waals surface area contributed by atoms with Crippen LogP contribution in [0.4, 0.5) is 0 Å². The molecular weight excluding hydrogens is 309 g/mol. The lowest BCUT2D eigenvalue weighted by Crippen LogP contribution is -1.95. The molecule has 0 saturated carbocycles. The predicted octanol–water partition coefficient (Wildman–Crippen LogP) is 3.60. The fourth-order valence-corrected chi connectivity index (χ4v) is 2.54. The van der Waals surface area contributed by atoms with E-state index < -0.39 is 9.05 Å². The van der Waals surface area contributed by atoms with Gasteiger partial charge in [-0.1, -0.05) is 23.7 Å². The highest BCUT2D eigenvalue weighted by Gasteiger charge is 2.08. The first-order valence-electron chi connectivity index (χ1n) is 5.24. The third-order valence-corrected chi connectivity index (χ3v) is 3.49. The molecule has 0 radical (unpaired) electrons. The van der Waals surface area contributed by atoms with Gasteiger partial charge in [0.1, 0.15) is 10.8 Å². The molecule has 1 heterocycles. The Morgan fingerprint density at radius 3 is 2.42 bits per heavy atom. The predicted molar refractivity (Wildman–Crippen MR) is 74.2 cm³/mol. The van der Waals surface area contributed by atoms with Crippen molar-refractivity contribution >= 4 is 31.3 Å². The summed E-state index contributed by atoms with van der Waals surface area (Å²) in [6.45, 7) is 0. The second kappa shape index (κ2) is 5.77. The van der Waals surface area contributed by atoms with Gasteiger partial charge in [-0.05, 0) is 29.8 Å². The lowest BCUT2D eigenvalue weighted by Gasteiger charge is -2.06. The maximum atomic E-state index is 10.9. The number of rotatable bonds is 4.